The summed E-state index contributed by atoms with van der Waals surface area (Å²) in [5.74, 6) is 0.227. The highest BCUT2D eigenvalue weighted by Gasteiger charge is 2.29. The molecule has 2 N–H and O–H groups in total. The van der Waals surface area contributed by atoms with E-state index in [4.69, 9.17) is 0 Å². The lowest BCUT2D eigenvalue weighted by Crippen LogP contribution is -2.34. The van der Waals surface area contributed by atoms with E-state index in [1.165, 1.54) is 25.1 Å². The monoisotopic (exact) mass is 206 g/mol. The molecule has 0 aromatic carbocycles. The van der Waals surface area contributed by atoms with Gasteiger partial charge in [-0.25, -0.2) is 4.98 Å². The second-order valence-electron chi connectivity index (χ2n) is 3.97. The van der Waals surface area contributed by atoms with Crippen LogP contribution in [0.3, 0.4) is 0 Å². The minimum absolute atomic E-state index is 0.0713. The molecule has 1 saturated carbocycles. The van der Waals surface area contributed by atoms with Crippen LogP contribution in [0, 0.1) is 5.92 Å². The van der Waals surface area contributed by atoms with Crippen LogP contribution in [0.1, 0.15) is 30.3 Å². The van der Waals surface area contributed by atoms with Crippen molar-refractivity contribution in [1.29, 1.82) is 0 Å². The zero-order valence-corrected chi connectivity index (χ0v) is 8.60. The Balaban J connectivity index is 2.04. The number of carbonyl (C=O) groups excluding carboxylic acids is 1. The van der Waals surface area contributed by atoms with E-state index in [1.807, 2.05) is 6.92 Å². The minimum Gasteiger partial charge on any atom is -0.505 e. The average molecular weight is 206 g/mol. The number of aromatic nitrogens is 1. The molecule has 0 bridgehead atoms. The molecule has 1 fully saturated rings. The second kappa shape index (κ2) is 3.88. The van der Waals surface area contributed by atoms with Gasteiger partial charge in [-0.05, 0) is 37.8 Å². The van der Waals surface area contributed by atoms with Gasteiger partial charge in [0, 0.05) is 12.2 Å². The molecule has 1 unspecified atom stereocenters. The molecular weight excluding hydrogens is 192 g/mol. The largest absolute Gasteiger partial charge is 0.505 e. The van der Waals surface area contributed by atoms with E-state index in [-0.39, 0.29) is 23.4 Å². The Morgan fingerprint density at radius 1 is 1.67 bits per heavy atom. The van der Waals surface area contributed by atoms with Crippen molar-refractivity contribution in [2.45, 2.75) is 25.8 Å². The minimum atomic E-state index is -0.299. The first-order chi connectivity index (χ1) is 7.18. The molecule has 15 heavy (non-hydrogen) atoms. The molecule has 1 amide bonds. The number of rotatable bonds is 3. The summed E-state index contributed by atoms with van der Waals surface area (Å²) in [6.45, 7) is 1.98. The first-order valence-corrected chi connectivity index (χ1v) is 5.13. The first kappa shape index (κ1) is 9.96. The predicted octanol–water partition coefficient (Wildman–Crippen LogP) is 1.32. The fourth-order valence-corrected chi connectivity index (χ4v) is 1.56. The molecule has 4 nitrogen and oxygen atoms in total. The predicted molar refractivity (Wildman–Crippen MR) is 55.6 cm³/mol. The Morgan fingerprint density at radius 2 is 2.40 bits per heavy atom. The quantitative estimate of drug-likeness (QED) is 0.784. The lowest BCUT2D eigenvalue weighted by atomic mass is 10.2. The van der Waals surface area contributed by atoms with Crippen LogP contribution in [0.2, 0.25) is 0 Å². The Hall–Kier alpha value is -1.58. The highest BCUT2D eigenvalue weighted by atomic mass is 16.3. The fourth-order valence-electron chi connectivity index (χ4n) is 1.56. The maximum absolute atomic E-state index is 11.7. The number of hydrogen-bond acceptors (Lipinski definition) is 3. The lowest BCUT2D eigenvalue weighted by Gasteiger charge is -2.12. The molecule has 1 heterocycles. The van der Waals surface area contributed by atoms with Gasteiger partial charge < -0.3 is 10.4 Å². The van der Waals surface area contributed by atoms with Crippen LogP contribution in [-0.2, 0) is 0 Å². The van der Waals surface area contributed by atoms with E-state index >= 15 is 0 Å². The number of nitrogens with zero attached hydrogens (tertiary/aromatic N) is 1. The summed E-state index contributed by atoms with van der Waals surface area (Å²) in [5, 5.41) is 12.3. The molecule has 1 aliphatic carbocycles. The maximum Gasteiger partial charge on any atom is 0.273 e. The zero-order chi connectivity index (χ0) is 10.8. The van der Waals surface area contributed by atoms with E-state index < -0.39 is 0 Å². The Kier molecular flexibility index (Phi) is 2.58. The molecule has 0 aliphatic heterocycles. The van der Waals surface area contributed by atoms with Crippen molar-refractivity contribution in [3.8, 4) is 5.75 Å². The number of hydrogen-bond donors (Lipinski definition) is 2. The van der Waals surface area contributed by atoms with Gasteiger partial charge >= 0.3 is 0 Å². The van der Waals surface area contributed by atoms with Crippen molar-refractivity contribution in [2.24, 2.45) is 5.92 Å². The summed E-state index contributed by atoms with van der Waals surface area (Å²) in [6, 6.07) is 3.22. The number of carbonyl (C=O) groups is 1. The molecular formula is C11H14N2O2. The SMILES string of the molecule is CC(NC(=O)c1ncccc1O)C1CC1. The van der Waals surface area contributed by atoms with Crippen molar-refractivity contribution in [1.82, 2.24) is 10.3 Å². The van der Waals surface area contributed by atoms with Crippen molar-refractivity contribution in [3.63, 3.8) is 0 Å². The Morgan fingerprint density at radius 3 is 3.00 bits per heavy atom. The number of amides is 1. The van der Waals surface area contributed by atoms with Crippen LogP contribution in [0.5, 0.6) is 5.75 Å². The van der Waals surface area contributed by atoms with Crippen molar-refractivity contribution in [2.75, 3.05) is 0 Å². The van der Waals surface area contributed by atoms with Gasteiger partial charge in [0.1, 0.15) is 5.75 Å². The third kappa shape index (κ3) is 2.26. The van der Waals surface area contributed by atoms with E-state index in [0.29, 0.717) is 5.92 Å². The standard InChI is InChI=1S/C11H14N2O2/c1-7(8-4-5-8)13-11(15)10-9(14)3-2-6-12-10/h2-3,6-8,14H,4-5H2,1H3,(H,13,15). The molecule has 1 aromatic heterocycles. The Labute approximate surface area is 88.3 Å². The van der Waals surface area contributed by atoms with Crippen molar-refractivity contribution < 1.29 is 9.90 Å². The third-order valence-corrected chi connectivity index (χ3v) is 2.69. The number of nitrogens with one attached hydrogen (secondary N) is 1. The van der Waals surface area contributed by atoms with Crippen molar-refractivity contribution in [3.05, 3.63) is 24.0 Å². The summed E-state index contributed by atoms with van der Waals surface area (Å²) in [6.07, 6.45) is 3.85. The van der Waals surface area contributed by atoms with E-state index in [0.717, 1.165) is 0 Å². The third-order valence-electron chi connectivity index (χ3n) is 2.69. The Bertz CT molecular complexity index is 375. The summed E-state index contributed by atoms with van der Waals surface area (Å²) < 4.78 is 0. The van der Waals surface area contributed by atoms with Crippen LogP contribution in [0.25, 0.3) is 0 Å². The second-order valence-corrected chi connectivity index (χ2v) is 3.97. The van der Waals surface area contributed by atoms with E-state index in [9.17, 15) is 9.90 Å². The van der Waals surface area contributed by atoms with Crippen molar-refractivity contribution >= 4 is 5.91 Å². The van der Waals surface area contributed by atoms with Crippen LogP contribution in [0.4, 0.5) is 0 Å². The van der Waals surface area contributed by atoms with Gasteiger partial charge in [0.15, 0.2) is 5.69 Å². The van der Waals surface area contributed by atoms with E-state index in [2.05, 4.69) is 10.3 Å². The molecule has 0 spiro atoms. The van der Waals surface area contributed by atoms with Gasteiger partial charge in [0.2, 0.25) is 0 Å². The molecule has 2 rings (SSSR count). The smallest absolute Gasteiger partial charge is 0.273 e. The molecule has 0 saturated heterocycles. The fraction of sp³-hybridized carbons (Fsp3) is 0.455. The van der Waals surface area contributed by atoms with Crippen LogP contribution < -0.4 is 5.32 Å². The van der Waals surface area contributed by atoms with Gasteiger partial charge in [-0.3, -0.25) is 4.79 Å². The molecule has 80 valence electrons. The summed E-state index contributed by atoms with van der Waals surface area (Å²) >= 11 is 0. The molecule has 0 radical (unpaired) electrons. The molecule has 4 heteroatoms. The average Bonchev–Trinajstić information content (AvgIpc) is 3.01. The molecule has 1 aliphatic rings. The normalized spacial score (nSPS) is 17.1. The topological polar surface area (TPSA) is 62.2 Å². The van der Waals surface area contributed by atoms with Crippen LogP contribution >= 0.6 is 0 Å². The van der Waals surface area contributed by atoms with Gasteiger partial charge in [-0.15, -0.1) is 0 Å². The summed E-state index contributed by atoms with van der Waals surface area (Å²) in [7, 11) is 0. The van der Waals surface area contributed by atoms with Gasteiger partial charge in [0.05, 0.1) is 0 Å². The highest BCUT2D eigenvalue weighted by molar-refractivity contribution is 5.94. The summed E-state index contributed by atoms with van der Waals surface area (Å²) in [4.78, 5) is 15.5. The van der Waals surface area contributed by atoms with Gasteiger partial charge in [-0.2, -0.15) is 0 Å². The van der Waals surface area contributed by atoms with Crippen LogP contribution in [-0.4, -0.2) is 22.0 Å². The molecule has 1 atom stereocenters. The zero-order valence-electron chi connectivity index (χ0n) is 8.60. The maximum atomic E-state index is 11.7. The lowest BCUT2D eigenvalue weighted by molar-refractivity contribution is 0.0928. The van der Waals surface area contributed by atoms with Crippen LogP contribution in [0.15, 0.2) is 18.3 Å². The first-order valence-electron chi connectivity index (χ1n) is 5.13. The van der Waals surface area contributed by atoms with Gasteiger partial charge in [0.25, 0.3) is 5.91 Å². The molecule has 1 aromatic rings. The van der Waals surface area contributed by atoms with E-state index in [1.54, 1.807) is 6.07 Å². The summed E-state index contributed by atoms with van der Waals surface area (Å²) in [5.41, 5.74) is 0.102. The van der Waals surface area contributed by atoms with Gasteiger partial charge in [-0.1, -0.05) is 0 Å². The number of pyridine rings is 1. The highest BCUT2D eigenvalue weighted by Crippen LogP contribution is 2.32. The number of aromatic hydroxyl groups is 1.